The molecule has 2 aliphatic rings. The van der Waals surface area contributed by atoms with Crippen LogP contribution in [0.3, 0.4) is 0 Å². The highest BCUT2D eigenvalue weighted by Gasteiger charge is 2.52. The van der Waals surface area contributed by atoms with Gasteiger partial charge in [0, 0.05) is 35.6 Å². The smallest absolute Gasteiger partial charge is 0.125 e. The lowest BCUT2D eigenvalue weighted by molar-refractivity contribution is -0.0891. The molecule has 1 spiro atoms. The number of aromatic amines is 1. The first-order valence-electron chi connectivity index (χ1n) is 11.3. The fraction of sp³-hybridized carbons (Fsp3) is 0.462. The Hall–Kier alpha value is -2.21. The number of aliphatic hydroxyl groups is 1. The van der Waals surface area contributed by atoms with Crippen molar-refractivity contribution >= 4 is 10.9 Å². The molecule has 0 saturated heterocycles. The number of aryl methyl sites for hydroxylation is 1. The number of hydrogen-bond donors (Lipinski definition) is 3. The van der Waals surface area contributed by atoms with E-state index >= 15 is 0 Å². The number of hydrogen-bond acceptors (Lipinski definition) is 3. The molecule has 0 bridgehead atoms. The van der Waals surface area contributed by atoms with E-state index in [-0.39, 0.29) is 17.3 Å². The second kappa shape index (κ2) is 7.44. The van der Waals surface area contributed by atoms with Gasteiger partial charge >= 0.3 is 0 Å². The van der Waals surface area contributed by atoms with E-state index in [1.165, 1.54) is 11.3 Å². The van der Waals surface area contributed by atoms with Crippen LogP contribution in [0.25, 0.3) is 10.9 Å². The van der Waals surface area contributed by atoms with Crippen LogP contribution >= 0.6 is 0 Å². The Morgan fingerprint density at radius 2 is 1.97 bits per heavy atom. The largest absolute Gasteiger partial charge is 0.385 e. The normalized spacial score (nSPS) is 28.4. The van der Waals surface area contributed by atoms with Crippen molar-refractivity contribution < 1.29 is 9.50 Å². The molecule has 4 nitrogen and oxygen atoms in total. The van der Waals surface area contributed by atoms with Crippen molar-refractivity contribution in [2.45, 2.75) is 43.7 Å². The molecule has 1 aliphatic carbocycles. The summed E-state index contributed by atoms with van der Waals surface area (Å²) in [5.41, 5.74) is 4.47. The molecule has 0 radical (unpaired) electrons. The summed E-state index contributed by atoms with van der Waals surface area (Å²) in [6, 6.07) is 13.3. The molecule has 5 rings (SSSR count). The fourth-order valence-electron chi connectivity index (χ4n) is 6.17. The van der Waals surface area contributed by atoms with Gasteiger partial charge in [-0.15, -0.1) is 0 Å². The molecule has 164 valence electrons. The van der Waals surface area contributed by atoms with E-state index in [0.717, 1.165) is 54.4 Å². The molecule has 3 N–H and O–H groups in total. The quantitative estimate of drug-likeness (QED) is 0.594. The molecule has 3 unspecified atom stereocenters. The minimum atomic E-state index is -0.863. The summed E-state index contributed by atoms with van der Waals surface area (Å²) < 4.78 is 13.9. The van der Waals surface area contributed by atoms with Gasteiger partial charge < -0.3 is 20.3 Å². The first kappa shape index (κ1) is 20.7. The number of nitrogens with zero attached hydrogens (tertiary/aromatic N) is 1. The zero-order valence-corrected chi connectivity index (χ0v) is 18.6. The number of benzene rings is 2. The van der Waals surface area contributed by atoms with Crippen LogP contribution in [0.1, 0.15) is 41.6 Å². The summed E-state index contributed by atoms with van der Waals surface area (Å²) in [4.78, 5) is 5.75. The van der Waals surface area contributed by atoms with Crippen LogP contribution in [-0.4, -0.2) is 42.2 Å². The third-order valence-corrected chi connectivity index (χ3v) is 7.59. The van der Waals surface area contributed by atoms with Crippen LogP contribution in [0.2, 0.25) is 0 Å². The Morgan fingerprint density at radius 1 is 1.16 bits per heavy atom. The Morgan fingerprint density at radius 3 is 2.74 bits per heavy atom. The molecule has 1 aromatic heterocycles. The zero-order chi connectivity index (χ0) is 21.8. The second-order valence-electron chi connectivity index (χ2n) is 9.83. The topological polar surface area (TPSA) is 51.3 Å². The van der Waals surface area contributed by atoms with Gasteiger partial charge in [-0.05, 0) is 81.6 Å². The van der Waals surface area contributed by atoms with Gasteiger partial charge in [-0.25, -0.2) is 4.39 Å². The van der Waals surface area contributed by atoms with E-state index in [1.54, 1.807) is 12.1 Å². The maximum absolute atomic E-state index is 13.9. The lowest BCUT2D eigenvalue weighted by Crippen LogP contribution is -2.57. The molecule has 31 heavy (non-hydrogen) atoms. The van der Waals surface area contributed by atoms with E-state index in [4.69, 9.17) is 0 Å². The second-order valence-corrected chi connectivity index (χ2v) is 9.83. The number of rotatable bonds is 3. The summed E-state index contributed by atoms with van der Waals surface area (Å²) in [5, 5.41) is 17.0. The molecule has 1 saturated carbocycles. The van der Waals surface area contributed by atoms with Crippen molar-refractivity contribution in [1.82, 2.24) is 15.2 Å². The summed E-state index contributed by atoms with van der Waals surface area (Å²) in [5.74, 6) is -0.143. The van der Waals surface area contributed by atoms with E-state index in [0.29, 0.717) is 6.42 Å². The van der Waals surface area contributed by atoms with Gasteiger partial charge in [0.2, 0.25) is 0 Å². The van der Waals surface area contributed by atoms with Crippen LogP contribution in [0.15, 0.2) is 42.5 Å². The lowest BCUT2D eigenvalue weighted by Gasteiger charge is -2.52. The van der Waals surface area contributed by atoms with Crippen molar-refractivity contribution in [2.75, 3.05) is 27.2 Å². The van der Waals surface area contributed by atoms with Crippen LogP contribution in [0.4, 0.5) is 4.39 Å². The third-order valence-electron chi connectivity index (χ3n) is 7.59. The van der Waals surface area contributed by atoms with Crippen molar-refractivity contribution in [3.05, 3.63) is 70.7 Å². The summed E-state index contributed by atoms with van der Waals surface area (Å²) in [6.07, 6.45) is 3.29. The minimum Gasteiger partial charge on any atom is -0.385 e. The molecule has 3 atom stereocenters. The van der Waals surface area contributed by atoms with Gasteiger partial charge in [-0.2, -0.15) is 0 Å². The average molecular weight is 422 g/mol. The standard InChI is InChI=1S/C26H32FN3O/c1-17-6-4-5-7-22(17)26(31)12-11-25(15-18(26)16-30(2)3)24-21(10-13-28-25)20-9-8-19(27)14-23(20)29-24/h4-9,14,18,28-29,31H,10-13,15-16H2,1-3H3. The van der Waals surface area contributed by atoms with Gasteiger partial charge in [0.25, 0.3) is 0 Å². The first-order chi connectivity index (χ1) is 14.8. The van der Waals surface area contributed by atoms with E-state index in [2.05, 4.69) is 48.4 Å². The van der Waals surface area contributed by atoms with Crippen LogP contribution in [0.5, 0.6) is 0 Å². The average Bonchev–Trinajstić information content (AvgIpc) is 3.10. The molecule has 2 aromatic carbocycles. The Bertz CT molecular complexity index is 1120. The van der Waals surface area contributed by atoms with Crippen molar-refractivity contribution in [3.63, 3.8) is 0 Å². The number of H-pyrrole nitrogens is 1. The molecule has 5 heteroatoms. The molecule has 1 aliphatic heterocycles. The van der Waals surface area contributed by atoms with Gasteiger partial charge in [-0.1, -0.05) is 24.3 Å². The molecule has 3 aromatic rings. The molecular formula is C26H32FN3O. The van der Waals surface area contributed by atoms with E-state index in [1.807, 2.05) is 18.2 Å². The van der Waals surface area contributed by atoms with Crippen LogP contribution in [-0.2, 0) is 17.6 Å². The van der Waals surface area contributed by atoms with Crippen LogP contribution in [0, 0.1) is 18.7 Å². The van der Waals surface area contributed by atoms with Crippen molar-refractivity contribution in [3.8, 4) is 0 Å². The molecule has 2 heterocycles. The zero-order valence-electron chi connectivity index (χ0n) is 18.6. The third kappa shape index (κ3) is 3.30. The SMILES string of the molecule is Cc1ccccc1C1(O)CCC2(CC1CN(C)C)NCCc1c2[nH]c2cc(F)ccc12. The van der Waals surface area contributed by atoms with Crippen molar-refractivity contribution in [1.29, 1.82) is 0 Å². The Kier molecular flexibility index (Phi) is 4.96. The highest BCUT2D eigenvalue weighted by Crippen LogP contribution is 2.52. The van der Waals surface area contributed by atoms with Gasteiger partial charge in [-0.3, -0.25) is 0 Å². The molecular weight excluding hydrogens is 389 g/mol. The highest BCUT2D eigenvalue weighted by atomic mass is 19.1. The summed E-state index contributed by atoms with van der Waals surface area (Å²) in [7, 11) is 4.15. The molecule has 0 amide bonds. The van der Waals surface area contributed by atoms with E-state index in [9.17, 15) is 9.50 Å². The van der Waals surface area contributed by atoms with Gasteiger partial charge in [0.1, 0.15) is 5.82 Å². The van der Waals surface area contributed by atoms with Gasteiger partial charge in [0.05, 0.1) is 11.1 Å². The summed E-state index contributed by atoms with van der Waals surface area (Å²) in [6.45, 7) is 3.79. The van der Waals surface area contributed by atoms with E-state index < -0.39 is 5.60 Å². The first-order valence-corrected chi connectivity index (χ1v) is 11.3. The number of fused-ring (bicyclic) bond motifs is 4. The monoisotopic (exact) mass is 421 g/mol. The number of nitrogens with one attached hydrogen (secondary N) is 2. The fourth-order valence-corrected chi connectivity index (χ4v) is 6.17. The molecule has 1 fully saturated rings. The highest BCUT2D eigenvalue weighted by molar-refractivity contribution is 5.85. The lowest BCUT2D eigenvalue weighted by atomic mass is 9.62. The predicted molar refractivity (Wildman–Crippen MR) is 123 cm³/mol. The predicted octanol–water partition coefficient (Wildman–Crippen LogP) is 4.21. The number of halogens is 1. The maximum atomic E-state index is 13.9. The minimum absolute atomic E-state index is 0.0685. The van der Waals surface area contributed by atoms with Crippen molar-refractivity contribution in [2.24, 2.45) is 5.92 Å². The van der Waals surface area contributed by atoms with Crippen LogP contribution < -0.4 is 5.32 Å². The Balaban J connectivity index is 1.59. The number of aromatic nitrogens is 1. The van der Waals surface area contributed by atoms with Gasteiger partial charge in [0.15, 0.2) is 0 Å². The maximum Gasteiger partial charge on any atom is 0.125 e. The Labute approximate surface area is 183 Å². The summed E-state index contributed by atoms with van der Waals surface area (Å²) >= 11 is 0.